The average Bonchev–Trinajstić information content (AvgIpc) is 2.54. The summed E-state index contributed by atoms with van der Waals surface area (Å²) < 4.78 is 3.18. The van der Waals surface area contributed by atoms with Crippen LogP contribution in [0.4, 0.5) is 5.95 Å². The quantitative estimate of drug-likeness (QED) is 0.597. The van der Waals surface area contributed by atoms with E-state index >= 15 is 0 Å². The third kappa shape index (κ3) is 0.987. The van der Waals surface area contributed by atoms with Gasteiger partial charge in [0.05, 0.1) is 0 Å². The molecule has 7 heteroatoms. The summed E-state index contributed by atoms with van der Waals surface area (Å²) in [5.74, 6) is 0.257. The Morgan fingerprint density at radius 2 is 2.07 bits per heavy atom. The van der Waals surface area contributed by atoms with Crippen LogP contribution < -0.4 is 11.4 Å². The summed E-state index contributed by atoms with van der Waals surface area (Å²) in [6, 6.07) is 0. The van der Waals surface area contributed by atoms with Crippen molar-refractivity contribution in [1.29, 1.82) is 0 Å². The van der Waals surface area contributed by atoms with E-state index in [1.807, 2.05) is 0 Å². The van der Waals surface area contributed by atoms with Gasteiger partial charge in [0.2, 0.25) is 0 Å². The first kappa shape index (κ1) is 8.95. The monoisotopic (exact) mass is 211 g/mol. The summed E-state index contributed by atoms with van der Waals surface area (Å²) in [4.78, 5) is 18.4. The van der Waals surface area contributed by atoms with Crippen molar-refractivity contribution < 1.29 is 0 Å². The van der Waals surface area contributed by atoms with Crippen molar-refractivity contribution >= 4 is 29.3 Å². The minimum atomic E-state index is -0.214. The van der Waals surface area contributed by atoms with E-state index in [0.717, 1.165) is 0 Å². The van der Waals surface area contributed by atoms with Gasteiger partial charge in [0.15, 0.2) is 11.6 Å². The Bertz CT molecular complexity index is 619. The minimum absolute atomic E-state index is 0.214. The number of H-pyrrole nitrogens is 1. The molecule has 0 aliphatic rings. The van der Waals surface area contributed by atoms with Crippen molar-refractivity contribution in [3.63, 3.8) is 0 Å². The fourth-order valence-electron chi connectivity index (χ4n) is 1.34. The fraction of sp³-hybridized carbons (Fsp3) is 0.286. The third-order valence-corrected chi connectivity index (χ3v) is 2.59. The van der Waals surface area contributed by atoms with Crippen molar-refractivity contribution in [2.75, 3.05) is 5.73 Å². The number of anilines is 1. The molecule has 0 atom stereocenters. The van der Waals surface area contributed by atoms with E-state index in [-0.39, 0.29) is 11.6 Å². The number of hydrogen-bond acceptors (Lipinski definition) is 4. The molecule has 0 amide bonds. The number of aryl methyl sites for hydroxylation is 1. The van der Waals surface area contributed by atoms with Gasteiger partial charge in [-0.2, -0.15) is 4.98 Å². The number of aromatic nitrogens is 4. The third-order valence-electron chi connectivity index (χ3n) is 2.11. The van der Waals surface area contributed by atoms with Gasteiger partial charge in [-0.25, -0.2) is 4.79 Å². The number of nitrogen functional groups attached to an aromatic ring is 1. The van der Waals surface area contributed by atoms with Crippen LogP contribution in [0.1, 0.15) is 0 Å². The number of nitrogens with one attached hydrogen (secondary N) is 1. The highest BCUT2D eigenvalue weighted by Gasteiger charge is 2.09. The fourth-order valence-corrected chi connectivity index (χ4v) is 1.56. The number of aromatic amines is 1. The van der Waals surface area contributed by atoms with Crippen LogP contribution in [0.5, 0.6) is 0 Å². The normalized spacial score (nSPS) is 11.0. The summed E-state index contributed by atoms with van der Waals surface area (Å²) in [5.41, 5.74) is 6.37. The summed E-state index contributed by atoms with van der Waals surface area (Å²) in [5, 5.41) is 0. The lowest BCUT2D eigenvalue weighted by Crippen LogP contribution is -2.27. The molecule has 2 aromatic heterocycles. The van der Waals surface area contributed by atoms with E-state index in [1.54, 1.807) is 14.1 Å². The Labute approximate surface area is 84.0 Å². The molecule has 0 fully saturated rings. The van der Waals surface area contributed by atoms with E-state index in [2.05, 4.69) is 9.97 Å². The number of nitrogens with zero attached hydrogens (tertiary/aromatic N) is 3. The van der Waals surface area contributed by atoms with Gasteiger partial charge in [-0.15, -0.1) is 0 Å². The number of nitrogens with two attached hydrogens (primary N) is 1. The standard InChI is InChI=1S/C7H9N5OS/c1-11-4-3(9-6(8)10-4)5(14)12(2)7(11)13/h1-2H3,(H3,8,9,10). The Balaban J connectivity index is 3.17. The first-order valence-electron chi connectivity index (χ1n) is 3.93. The maximum Gasteiger partial charge on any atom is 0.330 e. The molecular formula is C7H9N5OS. The van der Waals surface area contributed by atoms with Crippen molar-refractivity contribution in [2.24, 2.45) is 14.1 Å². The number of hydrogen-bond donors (Lipinski definition) is 2. The Morgan fingerprint density at radius 3 is 2.71 bits per heavy atom. The lowest BCUT2D eigenvalue weighted by molar-refractivity contribution is 0.721. The van der Waals surface area contributed by atoms with Crippen molar-refractivity contribution in [1.82, 2.24) is 19.1 Å². The number of imidazole rings is 1. The zero-order valence-electron chi connectivity index (χ0n) is 7.74. The highest BCUT2D eigenvalue weighted by Crippen LogP contribution is 2.10. The maximum absolute atomic E-state index is 11.6. The molecule has 74 valence electrons. The van der Waals surface area contributed by atoms with Crippen LogP contribution in [0.2, 0.25) is 0 Å². The molecule has 3 N–H and O–H groups in total. The predicted octanol–water partition coefficient (Wildman–Crippen LogP) is -0.0882. The van der Waals surface area contributed by atoms with Gasteiger partial charge in [0.1, 0.15) is 10.2 Å². The predicted molar refractivity (Wildman–Crippen MR) is 55.6 cm³/mol. The second-order valence-corrected chi connectivity index (χ2v) is 3.41. The topological polar surface area (TPSA) is 81.6 Å². The summed E-state index contributed by atoms with van der Waals surface area (Å²) in [6.07, 6.45) is 0. The Hall–Kier alpha value is -1.63. The average molecular weight is 211 g/mol. The van der Waals surface area contributed by atoms with Gasteiger partial charge < -0.3 is 10.7 Å². The van der Waals surface area contributed by atoms with Gasteiger partial charge in [-0.05, 0) is 0 Å². The van der Waals surface area contributed by atoms with Gasteiger partial charge >= 0.3 is 5.69 Å². The number of rotatable bonds is 0. The zero-order chi connectivity index (χ0) is 10.5. The molecule has 0 saturated heterocycles. The second-order valence-electron chi connectivity index (χ2n) is 3.03. The molecule has 14 heavy (non-hydrogen) atoms. The van der Waals surface area contributed by atoms with Gasteiger partial charge in [0.25, 0.3) is 0 Å². The molecule has 0 radical (unpaired) electrons. The van der Waals surface area contributed by atoms with Gasteiger partial charge in [-0.3, -0.25) is 9.13 Å². The SMILES string of the molecule is Cn1c(=S)c2[nH]c(N)nc2n(C)c1=O. The van der Waals surface area contributed by atoms with Crippen LogP contribution in [0.15, 0.2) is 4.79 Å². The van der Waals surface area contributed by atoms with Crippen molar-refractivity contribution in [3.8, 4) is 0 Å². The maximum atomic E-state index is 11.6. The Morgan fingerprint density at radius 1 is 1.43 bits per heavy atom. The smallest absolute Gasteiger partial charge is 0.330 e. The minimum Gasteiger partial charge on any atom is -0.369 e. The van der Waals surface area contributed by atoms with Crippen LogP contribution >= 0.6 is 12.2 Å². The number of fused-ring (bicyclic) bond motifs is 1. The van der Waals surface area contributed by atoms with E-state index in [9.17, 15) is 4.79 Å². The molecule has 2 aromatic rings. The van der Waals surface area contributed by atoms with Crippen LogP contribution in [0.3, 0.4) is 0 Å². The lowest BCUT2D eigenvalue weighted by atomic mass is 10.5. The van der Waals surface area contributed by atoms with Crippen molar-refractivity contribution in [2.45, 2.75) is 0 Å². The molecule has 2 heterocycles. The van der Waals surface area contributed by atoms with Crippen LogP contribution in [0.25, 0.3) is 11.2 Å². The Kier molecular flexibility index (Phi) is 1.71. The molecule has 0 unspecified atom stereocenters. The molecule has 6 nitrogen and oxygen atoms in total. The summed E-state index contributed by atoms with van der Waals surface area (Å²) >= 11 is 5.08. The van der Waals surface area contributed by atoms with Crippen LogP contribution in [0, 0.1) is 4.64 Å². The zero-order valence-corrected chi connectivity index (χ0v) is 8.55. The molecule has 0 aromatic carbocycles. The van der Waals surface area contributed by atoms with E-state index in [1.165, 1.54) is 9.13 Å². The molecule has 0 aliphatic carbocycles. The molecule has 0 saturated carbocycles. The van der Waals surface area contributed by atoms with E-state index < -0.39 is 0 Å². The van der Waals surface area contributed by atoms with E-state index in [0.29, 0.717) is 15.8 Å². The largest absolute Gasteiger partial charge is 0.369 e. The highest BCUT2D eigenvalue weighted by atomic mass is 32.1. The second kappa shape index (κ2) is 2.68. The van der Waals surface area contributed by atoms with Gasteiger partial charge in [0, 0.05) is 14.1 Å². The molecule has 0 spiro atoms. The summed E-state index contributed by atoms with van der Waals surface area (Å²) in [7, 11) is 3.24. The lowest BCUT2D eigenvalue weighted by Gasteiger charge is -2.02. The van der Waals surface area contributed by atoms with Crippen LogP contribution in [-0.2, 0) is 14.1 Å². The first-order chi connectivity index (χ1) is 6.52. The van der Waals surface area contributed by atoms with E-state index in [4.69, 9.17) is 18.0 Å². The van der Waals surface area contributed by atoms with Gasteiger partial charge in [-0.1, -0.05) is 12.2 Å². The molecular weight excluding hydrogens is 202 g/mol. The highest BCUT2D eigenvalue weighted by molar-refractivity contribution is 7.71. The van der Waals surface area contributed by atoms with Crippen LogP contribution in [-0.4, -0.2) is 19.1 Å². The summed E-state index contributed by atoms with van der Waals surface area (Å²) in [6.45, 7) is 0. The molecule has 2 rings (SSSR count). The molecule has 0 aliphatic heterocycles. The first-order valence-corrected chi connectivity index (χ1v) is 4.34. The molecule has 0 bridgehead atoms. The van der Waals surface area contributed by atoms with Crippen molar-refractivity contribution in [3.05, 3.63) is 15.1 Å².